The van der Waals surface area contributed by atoms with Gasteiger partial charge in [-0.15, -0.1) is 0 Å². The highest BCUT2D eigenvalue weighted by Crippen LogP contribution is 2.12. The maximum atomic E-state index is 8.82. The van der Waals surface area contributed by atoms with Crippen LogP contribution in [0.1, 0.15) is 25.0 Å². The topological polar surface area (TPSA) is 46.2 Å². The van der Waals surface area contributed by atoms with E-state index in [2.05, 4.69) is 12.1 Å². The van der Waals surface area contributed by atoms with Crippen LogP contribution in [0, 0.1) is 0 Å². The molecule has 0 fully saturated rings. The van der Waals surface area contributed by atoms with Crippen molar-refractivity contribution in [2.75, 3.05) is 6.61 Å². The second kappa shape index (κ2) is 4.58. The molecule has 1 rings (SSSR count). The zero-order valence-electron chi connectivity index (χ0n) is 8.96. The molecule has 0 spiro atoms. The summed E-state index contributed by atoms with van der Waals surface area (Å²) in [5, 5.41) is 8.82. The fourth-order valence-corrected chi connectivity index (χ4v) is 1.55. The molecule has 78 valence electrons. The van der Waals surface area contributed by atoms with Crippen LogP contribution in [0.15, 0.2) is 24.3 Å². The van der Waals surface area contributed by atoms with Gasteiger partial charge in [-0.05, 0) is 37.8 Å². The van der Waals surface area contributed by atoms with Gasteiger partial charge in [-0.3, -0.25) is 0 Å². The van der Waals surface area contributed by atoms with Crippen LogP contribution in [0.4, 0.5) is 0 Å². The normalized spacial score (nSPS) is 11.7. The summed E-state index contributed by atoms with van der Waals surface area (Å²) < 4.78 is 0. The van der Waals surface area contributed by atoms with Gasteiger partial charge in [0.15, 0.2) is 0 Å². The predicted molar refractivity (Wildman–Crippen MR) is 59.2 cm³/mol. The Hall–Kier alpha value is -0.860. The van der Waals surface area contributed by atoms with Gasteiger partial charge in [0.25, 0.3) is 0 Å². The molecule has 2 heteroatoms. The number of nitrogens with two attached hydrogens (primary N) is 1. The fraction of sp³-hybridized carbons (Fsp3) is 0.500. The van der Waals surface area contributed by atoms with E-state index in [1.165, 1.54) is 11.1 Å². The standard InChI is InChI=1S/C12H19NO/c1-12(2,13)9-11-5-3-4-10(8-11)6-7-14/h3-5,8,14H,6-7,9,13H2,1-2H3. The van der Waals surface area contributed by atoms with Gasteiger partial charge in [0.2, 0.25) is 0 Å². The maximum Gasteiger partial charge on any atom is 0.0471 e. The van der Waals surface area contributed by atoms with Crippen molar-refractivity contribution < 1.29 is 5.11 Å². The molecule has 0 amide bonds. The lowest BCUT2D eigenvalue weighted by molar-refractivity contribution is 0.299. The summed E-state index contributed by atoms with van der Waals surface area (Å²) >= 11 is 0. The van der Waals surface area contributed by atoms with Crippen molar-refractivity contribution in [1.82, 2.24) is 0 Å². The molecule has 0 aliphatic carbocycles. The highest BCUT2D eigenvalue weighted by atomic mass is 16.2. The molecule has 0 radical (unpaired) electrons. The van der Waals surface area contributed by atoms with E-state index in [4.69, 9.17) is 10.8 Å². The maximum absolute atomic E-state index is 8.82. The quantitative estimate of drug-likeness (QED) is 0.761. The first-order valence-corrected chi connectivity index (χ1v) is 4.99. The summed E-state index contributed by atoms with van der Waals surface area (Å²) in [6.45, 7) is 4.24. The van der Waals surface area contributed by atoms with Crippen molar-refractivity contribution in [2.24, 2.45) is 5.73 Å². The number of hydrogen-bond donors (Lipinski definition) is 2. The van der Waals surface area contributed by atoms with E-state index in [9.17, 15) is 0 Å². The van der Waals surface area contributed by atoms with Crippen LogP contribution in [-0.2, 0) is 12.8 Å². The third-order valence-electron chi connectivity index (χ3n) is 2.05. The van der Waals surface area contributed by atoms with E-state index < -0.39 is 0 Å². The Morgan fingerprint density at radius 3 is 2.50 bits per heavy atom. The Bertz CT molecular complexity index is 289. The van der Waals surface area contributed by atoms with Gasteiger partial charge in [-0.1, -0.05) is 24.3 Å². The van der Waals surface area contributed by atoms with Gasteiger partial charge in [0.1, 0.15) is 0 Å². The summed E-state index contributed by atoms with van der Waals surface area (Å²) in [7, 11) is 0. The van der Waals surface area contributed by atoms with Gasteiger partial charge in [-0.25, -0.2) is 0 Å². The van der Waals surface area contributed by atoms with Gasteiger partial charge in [-0.2, -0.15) is 0 Å². The number of rotatable bonds is 4. The van der Waals surface area contributed by atoms with Gasteiger partial charge in [0, 0.05) is 12.1 Å². The van der Waals surface area contributed by atoms with Crippen LogP contribution in [0.5, 0.6) is 0 Å². The van der Waals surface area contributed by atoms with E-state index in [0.29, 0.717) is 0 Å². The monoisotopic (exact) mass is 193 g/mol. The van der Waals surface area contributed by atoms with Crippen molar-refractivity contribution in [3.8, 4) is 0 Å². The Balaban J connectivity index is 2.73. The summed E-state index contributed by atoms with van der Waals surface area (Å²) in [5.74, 6) is 0. The third kappa shape index (κ3) is 3.90. The van der Waals surface area contributed by atoms with Crippen molar-refractivity contribution in [3.63, 3.8) is 0 Å². The molecule has 0 aliphatic rings. The zero-order chi connectivity index (χ0) is 10.6. The van der Waals surface area contributed by atoms with Crippen LogP contribution in [0.2, 0.25) is 0 Å². The van der Waals surface area contributed by atoms with Crippen LogP contribution < -0.4 is 5.73 Å². The van der Waals surface area contributed by atoms with E-state index in [0.717, 1.165) is 12.8 Å². The van der Waals surface area contributed by atoms with Crippen molar-refractivity contribution in [2.45, 2.75) is 32.2 Å². The molecule has 14 heavy (non-hydrogen) atoms. The molecule has 0 aliphatic heterocycles. The predicted octanol–water partition coefficient (Wildman–Crippen LogP) is 1.50. The SMILES string of the molecule is CC(C)(N)Cc1cccc(CCO)c1. The summed E-state index contributed by atoms with van der Waals surface area (Å²) in [6.07, 6.45) is 1.59. The highest BCUT2D eigenvalue weighted by Gasteiger charge is 2.11. The van der Waals surface area contributed by atoms with E-state index in [1.54, 1.807) is 0 Å². The molecule has 0 unspecified atom stereocenters. The number of benzene rings is 1. The van der Waals surface area contributed by atoms with Gasteiger partial charge >= 0.3 is 0 Å². The molecule has 0 saturated heterocycles. The van der Waals surface area contributed by atoms with Crippen LogP contribution in [0.3, 0.4) is 0 Å². The van der Waals surface area contributed by atoms with Crippen LogP contribution in [0.25, 0.3) is 0 Å². The minimum atomic E-state index is -0.169. The van der Waals surface area contributed by atoms with Gasteiger partial charge < -0.3 is 10.8 Å². The fourth-order valence-electron chi connectivity index (χ4n) is 1.55. The van der Waals surface area contributed by atoms with Crippen molar-refractivity contribution in [1.29, 1.82) is 0 Å². The lowest BCUT2D eigenvalue weighted by atomic mass is 9.95. The largest absolute Gasteiger partial charge is 0.396 e. The first kappa shape index (κ1) is 11.2. The number of aliphatic hydroxyl groups excluding tert-OH is 1. The minimum Gasteiger partial charge on any atom is -0.396 e. The van der Waals surface area contributed by atoms with Gasteiger partial charge in [0.05, 0.1) is 0 Å². The molecule has 0 bridgehead atoms. The molecule has 0 saturated carbocycles. The lowest BCUT2D eigenvalue weighted by Gasteiger charge is -2.18. The smallest absolute Gasteiger partial charge is 0.0471 e. The average Bonchev–Trinajstić information content (AvgIpc) is 2.02. The summed E-state index contributed by atoms with van der Waals surface area (Å²) in [4.78, 5) is 0. The Labute approximate surface area is 85.8 Å². The molecular weight excluding hydrogens is 174 g/mol. The molecule has 1 aromatic carbocycles. The molecule has 0 atom stereocenters. The molecule has 2 nitrogen and oxygen atoms in total. The van der Waals surface area contributed by atoms with E-state index >= 15 is 0 Å². The van der Waals surface area contributed by atoms with Crippen LogP contribution >= 0.6 is 0 Å². The van der Waals surface area contributed by atoms with Crippen molar-refractivity contribution >= 4 is 0 Å². The molecule has 3 N–H and O–H groups in total. The first-order chi connectivity index (χ1) is 6.51. The zero-order valence-corrected chi connectivity index (χ0v) is 8.96. The van der Waals surface area contributed by atoms with Crippen molar-refractivity contribution in [3.05, 3.63) is 35.4 Å². The summed E-state index contributed by atoms with van der Waals surface area (Å²) in [5.41, 5.74) is 8.19. The third-order valence-corrected chi connectivity index (χ3v) is 2.05. The average molecular weight is 193 g/mol. The Kier molecular flexibility index (Phi) is 3.67. The molecule has 0 aromatic heterocycles. The minimum absolute atomic E-state index is 0.169. The number of hydrogen-bond acceptors (Lipinski definition) is 2. The molecule has 1 aromatic rings. The van der Waals surface area contributed by atoms with E-state index in [-0.39, 0.29) is 12.1 Å². The summed E-state index contributed by atoms with van der Waals surface area (Å²) in [6, 6.07) is 8.25. The Morgan fingerprint density at radius 1 is 1.29 bits per heavy atom. The molecule has 0 heterocycles. The molecular formula is C12H19NO. The lowest BCUT2D eigenvalue weighted by Crippen LogP contribution is -2.34. The highest BCUT2D eigenvalue weighted by molar-refractivity contribution is 5.25. The first-order valence-electron chi connectivity index (χ1n) is 4.99. The Morgan fingerprint density at radius 2 is 1.93 bits per heavy atom. The van der Waals surface area contributed by atoms with E-state index in [1.807, 2.05) is 26.0 Å². The van der Waals surface area contributed by atoms with Crippen LogP contribution in [-0.4, -0.2) is 17.3 Å². The second-order valence-electron chi connectivity index (χ2n) is 4.46. The number of aliphatic hydroxyl groups is 1. The second-order valence-corrected chi connectivity index (χ2v) is 4.46.